The zero-order valence-electron chi connectivity index (χ0n) is 26.5. The third-order valence-electron chi connectivity index (χ3n) is 7.31. The summed E-state index contributed by atoms with van der Waals surface area (Å²) in [6.45, 7) is 5.00. The molecule has 0 bridgehead atoms. The molecule has 0 radical (unpaired) electrons. The molecule has 0 aromatic heterocycles. The zero-order valence-corrected chi connectivity index (χ0v) is 28.8. The van der Waals surface area contributed by atoms with Crippen LogP contribution in [-0.4, -0.2) is 49.1 Å². The summed E-state index contributed by atoms with van der Waals surface area (Å²) in [7, 11) is 1.45. The molecule has 10 nitrogen and oxygen atoms in total. The van der Waals surface area contributed by atoms with Gasteiger partial charge in [0.1, 0.15) is 17.3 Å². The lowest BCUT2D eigenvalue weighted by Gasteiger charge is -2.21. The third-order valence-corrected chi connectivity index (χ3v) is 8.22. The van der Waals surface area contributed by atoms with Crippen molar-refractivity contribution in [1.82, 2.24) is 10.6 Å². The molecule has 4 aromatic carbocycles. The fourth-order valence-electron chi connectivity index (χ4n) is 4.69. The molecule has 0 aliphatic carbocycles. The molecule has 0 aliphatic rings. The van der Waals surface area contributed by atoms with E-state index in [-0.39, 0.29) is 44.1 Å². The molecule has 0 heterocycles. The molecule has 13 heteroatoms. The predicted molar refractivity (Wildman–Crippen MR) is 192 cm³/mol. The Bertz CT molecular complexity index is 1810. The van der Waals surface area contributed by atoms with Crippen molar-refractivity contribution in [1.29, 1.82) is 0 Å². The summed E-state index contributed by atoms with van der Waals surface area (Å²) in [5.41, 5.74) is 8.05. The summed E-state index contributed by atoms with van der Waals surface area (Å²) in [6.07, 6.45) is 0.970. The van der Waals surface area contributed by atoms with E-state index in [0.29, 0.717) is 43.2 Å². The van der Waals surface area contributed by atoms with Crippen molar-refractivity contribution < 1.29 is 29.0 Å². The molecule has 0 fully saturated rings. The molecule has 1 atom stereocenters. The minimum atomic E-state index is -0.637. The average molecular weight is 726 g/mol. The van der Waals surface area contributed by atoms with Gasteiger partial charge >= 0.3 is 0 Å². The molecule has 0 aliphatic heterocycles. The summed E-state index contributed by atoms with van der Waals surface area (Å²) >= 11 is 19.1. The van der Waals surface area contributed by atoms with Gasteiger partial charge in [-0.2, -0.15) is 0 Å². The maximum atomic E-state index is 13.3. The number of amides is 3. The normalized spacial score (nSPS) is 11.3. The number of carbonyl (C=O) groups excluding carboxylic acids is 3. The van der Waals surface area contributed by atoms with Crippen LogP contribution >= 0.6 is 34.8 Å². The van der Waals surface area contributed by atoms with Gasteiger partial charge < -0.3 is 36.3 Å². The Hall–Kier alpha value is -4.74. The summed E-state index contributed by atoms with van der Waals surface area (Å²) in [6, 6.07) is 20.3. The Morgan fingerprint density at radius 3 is 2.22 bits per heavy atom. The van der Waals surface area contributed by atoms with E-state index in [0.717, 1.165) is 11.1 Å². The van der Waals surface area contributed by atoms with Crippen LogP contribution in [0.15, 0.2) is 91.2 Å². The lowest BCUT2D eigenvalue weighted by Crippen LogP contribution is -2.38. The summed E-state index contributed by atoms with van der Waals surface area (Å²) < 4.78 is 10.9. The van der Waals surface area contributed by atoms with E-state index in [2.05, 4.69) is 22.5 Å². The number of carbonyl (C=O) groups is 3. The van der Waals surface area contributed by atoms with Crippen LogP contribution in [0.5, 0.6) is 11.5 Å². The molecule has 3 amide bonds. The fraction of sp³-hybridized carbons (Fsp3) is 0.194. The zero-order chi connectivity index (χ0) is 35.5. The number of phenols is 1. The monoisotopic (exact) mass is 724 g/mol. The van der Waals surface area contributed by atoms with E-state index >= 15 is 0 Å². The number of nitrogens with one attached hydrogen (secondary N) is 3. The maximum absolute atomic E-state index is 13.3. The molecule has 0 saturated heterocycles. The van der Waals surface area contributed by atoms with Gasteiger partial charge in [-0.15, -0.1) is 0 Å². The van der Waals surface area contributed by atoms with Gasteiger partial charge in [-0.1, -0.05) is 65.6 Å². The molecule has 0 saturated carbocycles. The van der Waals surface area contributed by atoms with Crippen molar-refractivity contribution >= 4 is 58.2 Å². The quantitative estimate of drug-likeness (QED) is 0.0671. The van der Waals surface area contributed by atoms with E-state index < -0.39 is 23.8 Å². The summed E-state index contributed by atoms with van der Waals surface area (Å²) in [5, 5.41) is 18.4. The van der Waals surface area contributed by atoms with Gasteiger partial charge in [-0.3, -0.25) is 14.4 Å². The van der Waals surface area contributed by atoms with Crippen LogP contribution in [-0.2, 0) is 17.7 Å². The summed E-state index contributed by atoms with van der Waals surface area (Å²) in [4.78, 5) is 39.0. The van der Waals surface area contributed by atoms with Crippen molar-refractivity contribution in [3.05, 3.63) is 134 Å². The lowest BCUT2D eigenvalue weighted by molar-refractivity contribution is 0.0924. The third kappa shape index (κ3) is 10.4. The first kappa shape index (κ1) is 37.1. The first-order chi connectivity index (χ1) is 23.5. The van der Waals surface area contributed by atoms with Crippen LogP contribution in [0.1, 0.15) is 48.6 Å². The smallest absolute Gasteiger partial charge is 0.258 e. The average Bonchev–Trinajstić information content (AvgIpc) is 3.07. The number of anilines is 1. The molecular formula is C36H35Cl3N4O6. The van der Waals surface area contributed by atoms with Crippen LogP contribution in [0.2, 0.25) is 15.1 Å². The number of hydrogen-bond acceptors (Lipinski definition) is 7. The number of benzene rings is 4. The number of phenolic OH excluding ortho intramolecular Hbond substituents is 1. The van der Waals surface area contributed by atoms with Crippen LogP contribution < -0.4 is 26.4 Å². The van der Waals surface area contributed by atoms with Gasteiger partial charge in [-0.05, 0) is 85.1 Å². The highest BCUT2D eigenvalue weighted by molar-refractivity contribution is 6.40. The molecule has 1 unspecified atom stereocenters. The minimum Gasteiger partial charge on any atom is -0.508 e. The minimum absolute atomic E-state index is 0.0818. The van der Waals surface area contributed by atoms with Crippen molar-refractivity contribution in [2.45, 2.75) is 25.4 Å². The van der Waals surface area contributed by atoms with E-state index in [1.54, 1.807) is 42.5 Å². The highest BCUT2D eigenvalue weighted by Gasteiger charge is 2.22. The van der Waals surface area contributed by atoms with E-state index in [1.807, 2.05) is 0 Å². The van der Waals surface area contributed by atoms with Crippen molar-refractivity contribution in [3.8, 4) is 11.5 Å². The second-order valence-corrected chi connectivity index (χ2v) is 12.1. The summed E-state index contributed by atoms with van der Waals surface area (Å²) in [5.74, 6) is -0.534. The second kappa shape index (κ2) is 17.6. The van der Waals surface area contributed by atoms with Crippen molar-refractivity contribution in [2.75, 3.05) is 25.6 Å². The fourth-order valence-corrected chi connectivity index (χ4v) is 5.60. The van der Waals surface area contributed by atoms with Gasteiger partial charge in [0.25, 0.3) is 17.7 Å². The number of rotatable bonds is 15. The highest BCUT2D eigenvalue weighted by atomic mass is 35.5. The topological polar surface area (TPSA) is 152 Å². The lowest BCUT2D eigenvalue weighted by atomic mass is 10.0. The Morgan fingerprint density at radius 1 is 0.878 bits per heavy atom. The van der Waals surface area contributed by atoms with Gasteiger partial charge in [0.15, 0.2) is 0 Å². The number of nitrogens with two attached hydrogens (primary N) is 1. The van der Waals surface area contributed by atoms with Crippen molar-refractivity contribution in [3.63, 3.8) is 0 Å². The molecule has 4 aromatic rings. The van der Waals surface area contributed by atoms with Gasteiger partial charge in [-0.25, -0.2) is 0 Å². The number of halogens is 3. The maximum Gasteiger partial charge on any atom is 0.258 e. The van der Waals surface area contributed by atoms with Gasteiger partial charge in [0, 0.05) is 17.8 Å². The Balaban J connectivity index is 1.37. The Labute approximate surface area is 299 Å². The Morgan fingerprint density at radius 2 is 1.59 bits per heavy atom. The van der Waals surface area contributed by atoms with Crippen molar-refractivity contribution in [2.24, 2.45) is 5.73 Å². The van der Waals surface area contributed by atoms with E-state index in [4.69, 9.17) is 50.0 Å². The standard InChI is InChI=1S/C36H35Cl3N4O6/c1-21(48-2)32(43-35(46)28-12-9-24(17-29(28)37)34(45)41-20-23-5-3-6-26(44)15-23)16-22-7-10-25(11-8-22)42-36(47)33-30(38)18-27(19-31(33)39)49-14-4-13-40/h3,5-12,15,17-19,32,44H,1,4,13-14,16,20,40H2,2H3,(H,41,45)(H,42,47)(H,43,46). The molecule has 0 spiro atoms. The van der Waals surface area contributed by atoms with Gasteiger partial charge in [0.05, 0.1) is 46.0 Å². The van der Waals surface area contributed by atoms with Gasteiger partial charge in [0.2, 0.25) is 0 Å². The van der Waals surface area contributed by atoms with E-state index in [1.165, 1.54) is 43.5 Å². The van der Waals surface area contributed by atoms with Crippen LogP contribution in [0.3, 0.4) is 0 Å². The van der Waals surface area contributed by atoms with E-state index in [9.17, 15) is 19.5 Å². The number of aromatic hydroxyl groups is 1. The van der Waals surface area contributed by atoms with Crippen LogP contribution in [0.25, 0.3) is 0 Å². The first-order valence-corrected chi connectivity index (χ1v) is 16.2. The Kier molecular flexibility index (Phi) is 13.3. The molecule has 4 rings (SSSR count). The highest BCUT2D eigenvalue weighted by Crippen LogP contribution is 2.31. The second-order valence-electron chi connectivity index (χ2n) is 10.9. The predicted octanol–water partition coefficient (Wildman–Crippen LogP) is 6.76. The number of methoxy groups -OCH3 is 1. The molecule has 49 heavy (non-hydrogen) atoms. The van der Waals surface area contributed by atoms with Crippen LogP contribution in [0.4, 0.5) is 5.69 Å². The molecule has 6 N–H and O–H groups in total. The SMILES string of the molecule is C=C(OC)C(Cc1ccc(NC(=O)c2c(Cl)cc(OCCCN)cc2Cl)cc1)NC(=O)c1ccc(C(=O)NCc2cccc(O)c2)cc1Cl. The first-order valence-electron chi connectivity index (χ1n) is 15.1. The molecular weight excluding hydrogens is 691 g/mol. The largest absolute Gasteiger partial charge is 0.508 e. The van der Waals surface area contributed by atoms with Crippen LogP contribution in [0, 0.1) is 0 Å². The number of hydrogen-bond donors (Lipinski definition) is 5. The number of ether oxygens (including phenoxy) is 2. The molecule has 256 valence electrons.